The minimum atomic E-state index is -4.30. The zero-order chi connectivity index (χ0) is 22.3. The Morgan fingerprint density at radius 2 is 2.13 bits per heavy atom. The number of aromatic nitrogens is 5. The first kappa shape index (κ1) is 22.1. The van der Waals surface area contributed by atoms with Crippen molar-refractivity contribution in [2.24, 2.45) is 5.14 Å². The van der Waals surface area contributed by atoms with Crippen molar-refractivity contribution >= 4 is 50.5 Å². The van der Waals surface area contributed by atoms with Crippen LogP contribution in [0.3, 0.4) is 0 Å². The van der Waals surface area contributed by atoms with Crippen LogP contribution in [-0.4, -0.2) is 63.2 Å². The van der Waals surface area contributed by atoms with Crippen LogP contribution in [0.15, 0.2) is 34.7 Å². The minimum Gasteiger partial charge on any atom is -0.387 e. The summed E-state index contributed by atoms with van der Waals surface area (Å²) >= 11 is 6.97. The molecule has 0 spiro atoms. The lowest BCUT2D eigenvalue weighted by Gasteiger charge is -2.14. The van der Waals surface area contributed by atoms with Crippen LogP contribution in [0, 0.1) is 0 Å². The summed E-state index contributed by atoms with van der Waals surface area (Å²) in [4.78, 5) is 12.2. The number of ether oxygens (including phenoxy) is 1. The third-order valence-corrected chi connectivity index (χ3v) is 5.94. The van der Waals surface area contributed by atoms with E-state index in [0.717, 1.165) is 16.4 Å². The van der Waals surface area contributed by atoms with E-state index in [1.807, 2.05) is 0 Å². The molecule has 5 N–H and O–H groups in total. The molecule has 12 nitrogen and oxygen atoms in total. The molecule has 3 aromatic heterocycles. The number of hydrogen-bond acceptors (Lipinski definition) is 11. The SMILES string of the molecule is Nc1ncnc2c1c(Sc1ccc(Cl)cn1)nn2[C@@H]1O[C@H](COS(N)(=O)=O)[C@@H](O)[C@@H]1F. The molecule has 166 valence electrons. The van der Waals surface area contributed by atoms with E-state index in [9.17, 15) is 17.9 Å². The largest absolute Gasteiger partial charge is 0.387 e. The molecule has 0 radical (unpaired) electrons. The number of aliphatic hydroxyl groups excluding tert-OH is 1. The molecule has 1 saturated heterocycles. The molecule has 16 heteroatoms. The van der Waals surface area contributed by atoms with E-state index in [-0.39, 0.29) is 11.5 Å². The van der Waals surface area contributed by atoms with Gasteiger partial charge in [0, 0.05) is 6.20 Å². The van der Waals surface area contributed by atoms with E-state index in [2.05, 4.69) is 24.2 Å². The highest BCUT2D eigenvalue weighted by Crippen LogP contribution is 2.38. The normalized spacial score (nSPS) is 24.1. The molecule has 0 unspecified atom stereocenters. The number of nitrogens with zero attached hydrogens (tertiary/aromatic N) is 5. The second kappa shape index (κ2) is 8.42. The van der Waals surface area contributed by atoms with Crippen LogP contribution >= 0.6 is 23.4 Å². The predicted molar refractivity (Wildman–Crippen MR) is 107 cm³/mol. The number of nitrogen functional groups attached to an aromatic ring is 1. The maximum atomic E-state index is 14.9. The van der Waals surface area contributed by atoms with Crippen LogP contribution in [-0.2, 0) is 19.2 Å². The van der Waals surface area contributed by atoms with E-state index in [4.69, 9.17) is 27.2 Å². The molecule has 0 saturated carbocycles. The molecule has 1 aliphatic rings. The Bertz CT molecular complexity index is 1210. The van der Waals surface area contributed by atoms with Crippen molar-refractivity contribution in [3.8, 4) is 0 Å². The number of aliphatic hydroxyl groups is 1. The van der Waals surface area contributed by atoms with Crippen LogP contribution in [0.2, 0.25) is 5.02 Å². The van der Waals surface area contributed by atoms with Crippen LogP contribution in [0.25, 0.3) is 11.0 Å². The topological polar surface area (TPSA) is 181 Å². The number of pyridine rings is 1. The highest BCUT2D eigenvalue weighted by Gasteiger charge is 2.47. The molecule has 31 heavy (non-hydrogen) atoms. The number of rotatable bonds is 6. The van der Waals surface area contributed by atoms with Gasteiger partial charge < -0.3 is 15.6 Å². The molecular formula is C15H15ClFN7O5S2. The molecule has 0 aromatic carbocycles. The van der Waals surface area contributed by atoms with Crippen molar-refractivity contribution in [3.63, 3.8) is 0 Å². The van der Waals surface area contributed by atoms with Gasteiger partial charge in [0.05, 0.1) is 17.0 Å². The van der Waals surface area contributed by atoms with Crippen LogP contribution in [0.4, 0.5) is 10.2 Å². The van der Waals surface area contributed by atoms with E-state index in [1.165, 1.54) is 12.5 Å². The molecule has 4 atom stereocenters. The van der Waals surface area contributed by atoms with Crippen molar-refractivity contribution in [2.75, 3.05) is 12.3 Å². The lowest BCUT2D eigenvalue weighted by Crippen LogP contribution is -2.33. The monoisotopic (exact) mass is 491 g/mol. The number of nitrogens with two attached hydrogens (primary N) is 2. The summed E-state index contributed by atoms with van der Waals surface area (Å²) in [6.45, 7) is -0.677. The Kier molecular flexibility index (Phi) is 5.99. The number of anilines is 1. The Hall–Kier alpha value is -2.14. The highest BCUT2D eigenvalue weighted by molar-refractivity contribution is 7.99. The van der Waals surface area contributed by atoms with Crippen molar-refractivity contribution < 1.29 is 26.8 Å². The van der Waals surface area contributed by atoms with Gasteiger partial charge >= 0.3 is 10.3 Å². The second-order valence-electron chi connectivity index (χ2n) is 6.40. The van der Waals surface area contributed by atoms with Gasteiger partial charge in [0.2, 0.25) is 0 Å². The van der Waals surface area contributed by atoms with Gasteiger partial charge in [-0.25, -0.2) is 29.2 Å². The molecular weight excluding hydrogens is 477 g/mol. The van der Waals surface area contributed by atoms with Crippen LogP contribution in [0.5, 0.6) is 0 Å². The van der Waals surface area contributed by atoms with E-state index < -0.39 is 41.5 Å². The van der Waals surface area contributed by atoms with Gasteiger partial charge in [-0.1, -0.05) is 11.6 Å². The molecule has 0 aliphatic carbocycles. The van der Waals surface area contributed by atoms with Gasteiger partial charge in [-0.05, 0) is 23.9 Å². The molecule has 1 fully saturated rings. The molecule has 0 amide bonds. The summed E-state index contributed by atoms with van der Waals surface area (Å²) in [7, 11) is -4.30. The standard InChI is InChI=1S/C15H15ClFN7O5S2/c16-6-1-2-8(20-3-6)30-14-9-12(18)21-5-22-13(9)24(23-14)15-10(17)11(25)7(29-15)4-28-31(19,26)27/h1-3,5,7,10-11,15,25H,4H2,(H2,18,21,22)(H2,19,26,27)/t7-,10+,11-,15-/m1/s1. The van der Waals surface area contributed by atoms with Crippen molar-refractivity contribution in [1.29, 1.82) is 0 Å². The first-order valence-corrected chi connectivity index (χ1v) is 11.2. The number of alkyl halides is 1. The van der Waals surface area contributed by atoms with Crippen molar-refractivity contribution in [2.45, 2.75) is 34.7 Å². The van der Waals surface area contributed by atoms with Crippen molar-refractivity contribution in [1.82, 2.24) is 24.7 Å². The summed E-state index contributed by atoms with van der Waals surface area (Å²) in [5.41, 5.74) is 6.14. The van der Waals surface area contributed by atoms with Crippen LogP contribution in [0.1, 0.15) is 6.23 Å². The zero-order valence-electron chi connectivity index (χ0n) is 15.4. The molecule has 0 bridgehead atoms. The lowest BCUT2D eigenvalue weighted by atomic mass is 10.1. The number of halogens is 2. The number of fused-ring (bicyclic) bond motifs is 1. The maximum Gasteiger partial charge on any atom is 0.333 e. The highest BCUT2D eigenvalue weighted by atomic mass is 35.5. The predicted octanol–water partition coefficient (Wildman–Crippen LogP) is 0.425. The van der Waals surface area contributed by atoms with Crippen molar-refractivity contribution in [3.05, 3.63) is 29.7 Å². The van der Waals surface area contributed by atoms with E-state index in [1.54, 1.807) is 12.1 Å². The molecule has 4 rings (SSSR count). The first-order chi connectivity index (χ1) is 14.6. The lowest BCUT2D eigenvalue weighted by molar-refractivity contribution is -0.0456. The van der Waals surface area contributed by atoms with Crippen LogP contribution < -0.4 is 10.9 Å². The summed E-state index contributed by atoms with van der Waals surface area (Å²) < 4.78 is 47.9. The van der Waals surface area contributed by atoms with E-state index in [0.29, 0.717) is 20.5 Å². The zero-order valence-corrected chi connectivity index (χ0v) is 17.8. The fourth-order valence-corrected chi connectivity index (χ4v) is 4.24. The molecule has 3 aromatic rings. The van der Waals surface area contributed by atoms with Gasteiger partial charge in [0.1, 0.15) is 34.4 Å². The smallest absolute Gasteiger partial charge is 0.333 e. The fourth-order valence-electron chi connectivity index (χ4n) is 2.93. The second-order valence-corrected chi connectivity index (χ2v) is 9.07. The molecule has 4 heterocycles. The van der Waals surface area contributed by atoms with Gasteiger partial charge in [-0.2, -0.15) is 13.5 Å². The third kappa shape index (κ3) is 4.57. The quantitative estimate of drug-likeness (QED) is 0.434. The summed E-state index contributed by atoms with van der Waals surface area (Å²) in [6.07, 6.45) is -3.80. The fraction of sp³-hybridized carbons (Fsp3) is 0.333. The Morgan fingerprint density at radius 1 is 1.35 bits per heavy atom. The Balaban J connectivity index is 1.69. The van der Waals surface area contributed by atoms with Gasteiger partial charge in [-0.15, -0.1) is 0 Å². The van der Waals surface area contributed by atoms with Gasteiger partial charge in [0.25, 0.3) is 0 Å². The maximum absolute atomic E-state index is 14.9. The summed E-state index contributed by atoms with van der Waals surface area (Å²) in [5.74, 6) is 0.0933. The summed E-state index contributed by atoms with van der Waals surface area (Å²) in [6, 6.07) is 3.30. The van der Waals surface area contributed by atoms with Gasteiger partial charge in [-0.3, -0.25) is 4.18 Å². The minimum absolute atomic E-state index is 0.0933. The first-order valence-electron chi connectivity index (χ1n) is 8.57. The Labute approximate surface area is 184 Å². The van der Waals surface area contributed by atoms with Gasteiger partial charge in [0.15, 0.2) is 18.0 Å². The summed E-state index contributed by atoms with van der Waals surface area (Å²) in [5, 5.41) is 20.9. The van der Waals surface area contributed by atoms with E-state index >= 15 is 0 Å². The average molecular weight is 492 g/mol. The average Bonchev–Trinajstić information content (AvgIpc) is 3.20. The Morgan fingerprint density at radius 3 is 2.81 bits per heavy atom. The molecule has 1 aliphatic heterocycles. The number of hydrogen-bond donors (Lipinski definition) is 3. The third-order valence-electron chi connectivity index (χ3n) is 4.32.